The molecule has 174 valence electrons. The molecule has 2 aliphatic heterocycles. The first kappa shape index (κ1) is 23.9. The van der Waals surface area contributed by atoms with Gasteiger partial charge in [0.25, 0.3) is 0 Å². The molecule has 2 amide bonds. The summed E-state index contributed by atoms with van der Waals surface area (Å²) in [4.78, 5) is 28.5. The first-order chi connectivity index (χ1) is 15.2. The number of anilines is 1. The molecule has 2 atom stereocenters. The van der Waals surface area contributed by atoms with E-state index in [4.69, 9.17) is 5.26 Å². The molecule has 0 aliphatic carbocycles. The van der Waals surface area contributed by atoms with Crippen molar-refractivity contribution in [3.05, 3.63) is 29.3 Å². The highest BCUT2D eigenvalue weighted by Gasteiger charge is 2.43. The largest absolute Gasteiger partial charge is 0.417 e. The Labute approximate surface area is 186 Å². The summed E-state index contributed by atoms with van der Waals surface area (Å²) < 4.78 is 40.3. The minimum absolute atomic E-state index is 0.00888. The number of amides is 2. The predicted octanol–water partition coefficient (Wildman–Crippen LogP) is 3.41. The molecule has 2 saturated heterocycles. The maximum Gasteiger partial charge on any atom is 0.417 e. The van der Waals surface area contributed by atoms with E-state index >= 15 is 0 Å². The number of benzene rings is 1. The van der Waals surface area contributed by atoms with Gasteiger partial charge in [0, 0.05) is 44.8 Å². The zero-order chi connectivity index (χ0) is 23.5. The summed E-state index contributed by atoms with van der Waals surface area (Å²) in [7, 11) is 0. The Morgan fingerprint density at radius 1 is 1.19 bits per heavy atom. The molecule has 0 radical (unpaired) electrons. The van der Waals surface area contributed by atoms with E-state index in [1.807, 2.05) is 23.6 Å². The molecule has 32 heavy (non-hydrogen) atoms. The maximum atomic E-state index is 13.4. The number of alkyl halides is 3. The van der Waals surface area contributed by atoms with Gasteiger partial charge in [0.15, 0.2) is 0 Å². The topological polar surface area (TPSA) is 76.4 Å². The third-order valence-corrected chi connectivity index (χ3v) is 6.65. The Bertz CT molecular complexity index is 888. The van der Waals surface area contributed by atoms with Crippen LogP contribution in [0.15, 0.2) is 18.2 Å². The van der Waals surface area contributed by atoms with Crippen molar-refractivity contribution in [3.63, 3.8) is 0 Å². The quantitative estimate of drug-likeness (QED) is 0.746. The van der Waals surface area contributed by atoms with Gasteiger partial charge in [-0.15, -0.1) is 0 Å². The summed E-state index contributed by atoms with van der Waals surface area (Å²) in [5.74, 6) is -0.0939. The van der Waals surface area contributed by atoms with Crippen LogP contribution in [0.4, 0.5) is 18.9 Å². The fourth-order valence-electron chi connectivity index (χ4n) is 4.96. The van der Waals surface area contributed by atoms with Crippen molar-refractivity contribution in [2.45, 2.75) is 39.3 Å². The second-order valence-corrected chi connectivity index (χ2v) is 8.48. The van der Waals surface area contributed by atoms with Crippen molar-refractivity contribution in [1.82, 2.24) is 10.2 Å². The fourth-order valence-corrected chi connectivity index (χ4v) is 4.96. The Kier molecular flexibility index (Phi) is 7.32. The number of nitriles is 1. The molecule has 3 rings (SSSR count). The Morgan fingerprint density at radius 2 is 1.88 bits per heavy atom. The van der Waals surface area contributed by atoms with Crippen molar-refractivity contribution in [2.75, 3.05) is 37.6 Å². The predicted molar refractivity (Wildman–Crippen MR) is 114 cm³/mol. The molecule has 0 aromatic heterocycles. The van der Waals surface area contributed by atoms with Gasteiger partial charge in [-0.2, -0.15) is 18.4 Å². The van der Waals surface area contributed by atoms with Crippen LogP contribution >= 0.6 is 0 Å². The maximum absolute atomic E-state index is 13.4. The van der Waals surface area contributed by atoms with E-state index in [0.29, 0.717) is 44.8 Å². The third kappa shape index (κ3) is 5.00. The zero-order valence-corrected chi connectivity index (χ0v) is 18.4. The van der Waals surface area contributed by atoms with Gasteiger partial charge in [0.05, 0.1) is 23.1 Å². The molecule has 0 bridgehead atoms. The first-order valence-electron chi connectivity index (χ1n) is 11.1. The van der Waals surface area contributed by atoms with Crippen LogP contribution < -0.4 is 10.2 Å². The second kappa shape index (κ2) is 9.80. The van der Waals surface area contributed by atoms with Crippen LogP contribution in [-0.2, 0) is 15.8 Å². The number of piperidine rings is 1. The van der Waals surface area contributed by atoms with Crippen molar-refractivity contribution in [3.8, 4) is 6.07 Å². The smallest absolute Gasteiger partial charge is 0.370 e. The molecule has 2 heterocycles. The van der Waals surface area contributed by atoms with E-state index in [1.165, 1.54) is 12.1 Å². The molecule has 9 heteroatoms. The number of carbonyl (C=O) groups excluding carboxylic acids is 2. The molecule has 0 unspecified atom stereocenters. The summed E-state index contributed by atoms with van der Waals surface area (Å²) in [6.45, 7) is 6.24. The Hall–Kier alpha value is -2.76. The number of halogens is 3. The number of carbonyl (C=O) groups is 2. The number of likely N-dealkylation sites (tertiary alicyclic amines) is 1. The monoisotopic (exact) mass is 450 g/mol. The van der Waals surface area contributed by atoms with Gasteiger partial charge in [0.1, 0.15) is 0 Å². The van der Waals surface area contributed by atoms with Gasteiger partial charge in [-0.3, -0.25) is 9.59 Å². The molecule has 6 nitrogen and oxygen atoms in total. The van der Waals surface area contributed by atoms with Crippen LogP contribution in [0.25, 0.3) is 0 Å². The lowest BCUT2D eigenvalue weighted by molar-refractivity contribution is -0.137. The van der Waals surface area contributed by atoms with Gasteiger partial charge < -0.3 is 15.1 Å². The van der Waals surface area contributed by atoms with Crippen LogP contribution in [0.1, 0.15) is 44.2 Å². The molecule has 2 fully saturated rings. The first-order valence-corrected chi connectivity index (χ1v) is 11.1. The Balaban J connectivity index is 1.83. The van der Waals surface area contributed by atoms with E-state index in [2.05, 4.69) is 5.32 Å². The molecule has 1 aromatic rings. The van der Waals surface area contributed by atoms with E-state index in [9.17, 15) is 22.8 Å². The number of hydrogen-bond acceptors (Lipinski definition) is 4. The SMILES string of the molecule is CCNC(=O)[C@@H]1CN(c2ccc(C#N)c(C(F)(F)F)c2)C[C@H]1C1CCN(C(=O)CC)CC1. The standard InChI is InChI=1S/C23H29F3N4O2/c1-3-21(31)29-9-7-15(8-10-29)18-13-30(14-19(18)22(32)28-4-2)17-6-5-16(12-27)20(11-17)23(24,25)26/h5-6,11,15,18-19H,3-4,7-10,13-14H2,1-2H3,(H,28,32)/t18-,19+/m0/s1. The van der Waals surface area contributed by atoms with Crippen LogP contribution in [-0.4, -0.2) is 49.4 Å². The highest BCUT2D eigenvalue weighted by molar-refractivity contribution is 5.80. The highest BCUT2D eigenvalue weighted by Crippen LogP contribution is 2.40. The van der Waals surface area contributed by atoms with Crippen LogP contribution in [0.3, 0.4) is 0 Å². The van der Waals surface area contributed by atoms with Crippen LogP contribution in [0, 0.1) is 29.1 Å². The fraction of sp³-hybridized carbons (Fsp3) is 0.609. The molecule has 2 aliphatic rings. The van der Waals surface area contributed by atoms with Gasteiger partial charge in [-0.25, -0.2) is 0 Å². The van der Waals surface area contributed by atoms with Crippen molar-refractivity contribution in [2.24, 2.45) is 17.8 Å². The normalized spacial score (nSPS) is 22.0. The van der Waals surface area contributed by atoms with Crippen molar-refractivity contribution >= 4 is 17.5 Å². The molecule has 1 aromatic carbocycles. The Morgan fingerprint density at radius 3 is 2.44 bits per heavy atom. The van der Waals surface area contributed by atoms with Crippen molar-refractivity contribution < 1.29 is 22.8 Å². The van der Waals surface area contributed by atoms with Gasteiger partial charge in [0.2, 0.25) is 11.8 Å². The highest BCUT2D eigenvalue weighted by atomic mass is 19.4. The summed E-state index contributed by atoms with van der Waals surface area (Å²) in [5.41, 5.74) is -1.00. The molecule has 1 N–H and O–H groups in total. The van der Waals surface area contributed by atoms with E-state index in [-0.39, 0.29) is 29.6 Å². The number of hydrogen-bond donors (Lipinski definition) is 1. The second-order valence-electron chi connectivity index (χ2n) is 8.48. The minimum atomic E-state index is -4.63. The summed E-state index contributed by atoms with van der Waals surface area (Å²) in [6.07, 6.45) is -2.61. The van der Waals surface area contributed by atoms with E-state index in [0.717, 1.165) is 18.9 Å². The number of nitrogens with zero attached hydrogens (tertiary/aromatic N) is 3. The van der Waals surface area contributed by atoms with Gasteiger partial charge in [-0.05, 0) is 49.8 Å². The number of nitrogens with one attached hydrogen (secondary N) is 1. The van der Waals surface area contributed by atoms with Crippen LogP contribution in [0.2, 0.25) is 0 Å². The van der Waals surface area contributed by atoms with Crippen LogP contribution in [0.5, 0.6) is 0 Å². The lowest BCUT2D eigenvalue weighted by Gasteiger charge is -2.36. The molecular weight excluding hydrogens is 421 g/mol. The molecular formula is C23H29F3N4O2. The zero-order valence-electron chi connectivity index (χ0n) is 18.4. The van der Waals surface area contributed by atoms with Gasteiger partial charge >= 0.3 is 6.18 Å². The lowest BCUT2D eigenvalue weighted by atomic mass is 9.78. The van der Waals surface area contributed by atoms with Crippen molar-refractivity contribution in [1.29, 1.82) is 5.26 Å². The van der Waals surface area contributed by atoms with Gasteiger partial charge in [-0.1, -0.05) is 6.92 Å². The van der Waals surface area contributed by atoms with E-state index < -0.39 is 17.3 Å². The molecule has 0 spiro atoms. The summed E-state index contributed by atoms with van der Waals surface area (Å²) >= 11 is 0. The average Bonchev–Trinajstić information content (AvgIpc) is 3.23. The van der Waals surface area contributed by atoms with E-state index in [1.54, 1.807) is 6.07 Å². The number of rotatable bonds is 5. The lowest BCUT2D eigenvalue weighted by Crippen LogP contribution is -2.43. The molecule has 0 saturated carbocycles. The summed E-state index contributed by atoms with van der Waals surface area (Å²) in [6, 6.07) is 5.34. The average molecular weight is 451 g/mol. The third-order valence-electron chi connectivity index (χ3n) is 6.65. The minimum Gasteiger partial charge on any atom is -0.370 e. The summed E-state index contributed by atoms with van der Waals surface area (Å²) in [5, 5.41) is 11.9.